The number of hydrogen-bond donors (Lipinski definition) is 2. The van der Waals surface area contributed by atoms with Crippen LogP contribution in [0.2, 0.25) is 0 Å². The summed E-state index contributed by atoms with van der Waals surface area (Å²) < 4.78 is 14.6. The van der Waals surface area contributed by atoms with Gasteiger partial charge in [-0.05, 0) is 48.4 Å². The maximum atomic E-state index is 14.6. The van der Waals surface area contributed by atoms with Crippen molar-refractivity contribution in [3.05, 3.63) is 64.5 Å². The molecule has 0 saturated heterocycles. The maximum absolute atomic E-state index is 14.6. The standard InChI is InChI=1S/C19H20FN3O2/c1-23(2)19(25)13-5-3-4-12(10-13)18(24)22-16-7-6-14-11-21-9-8-15(14)17(16)20/h3-7,10,21H,8-9,11H2,1-2H3,(H,22,24). The number of fused-ring (bicyclic) bond motifs is 1. The average Bonchev–Trinajstić information content (AvgIpc) is 2.63. The number of amides is 2. The molecule has 3 rings (SSSR count). The van der Waals surface area contributed by atoms with E-state index in [-0.39, 0.29) is 17.4 Å². The fraction of sp³-hybridized carbons (Fsp3) is 0.263. The van der Waals surface area contributed by atoms with E-state index < -0.39 is 5.91 Å². The third-order valence-corrected chi connectivity index (χ3v) is 4.23. The lowest BCUT2D eigenvalue weighted by Crippen LogP contribution is -2.25. The molecule has 0 radical (unpaired) electrons. The molecule has 0 aromatic heterocycles. The zero-order chi connectivity index (χ0) is 18.0. The van der Waals surface area contributed by atoms with Crippen LogP contribution in [0.25, 0.3) is 0 Å². The van der Waals surface area contributed by atoms with Crippen molar-refractivity contribution in [1.29, 1.82) is 0 Å². The Balaban J connectivity index is 1.83. The summed E-state index contributed by atoms with van der Waals surface area (Å²) in [5.74, 6) is -1.02. The first kappa shape index (κ1) is 17.1. The summed E-state index contributed by atoms with van der Waals surface area (Å²) in [6.45, 7) is 1.35. The maximum Gasteiger partial charge on any atom is 0.255 e. The van der Waals surface area contributed by atoms with Crippen LogP contribution in [0.5, 0.6) is 0 Å². The molecule has 2 amide bonds. The molecule has 1 heterocycles. The van der Waals surface area contributed by atoms with E-state index in [1.807, 2.05) is 6.07 Å². The van der Waals surface area contributed by atoms with Crippen LogP contribution >= 0.6 is 0 Å². The second-order valence-corrected chi connectivity index (χ2v) is 6.23. The molecular formula is C19H20FN3O2. The van der Waals surface area contributed by atoms with Crippen LogP contribution in [0.4, 0.5) is 10.1 Å². The van der Waals surface area contributed by atoms with Gasteiger partial charge in [-0.25, -0.2) is 4.39 Å². The van der Waals surface area contributed by atoms with Gasteiger partial charge in [0.15, 0.2) is 0 Å². The van der Waals surface area contributed by atoms with Crippen molar-refractivity contribution in [3.63, 3.8) is 0 Å². The average molecular weight is 341 g/mol. The van der Waals surface area contributed by atoms with E-state index in [4.69, 9.17) is 0 Å². The van der Waals surface area contributed by atoms with Crippen LogP contribution < -0.4 is 10.6 Å². The number of benzene rings is 2. The van der Waals surface area contributed by atoms with Crippen molar-refractivity contribution in [3.8, 4) is 0 Å². The monoisotopic (exact) mass is 341 g/mol. The summed E-state index contributed by atoms with van der Waals surface area (Å²) in [6, 6.07) is 9.80. The first-order valence-corrected chi connectivity index (χ1v) is 8.11. The van der Waals surface area contributed by atoms with Gasteiger partial charge in [-0.3, -0.25) is 9.59 Å². The molecule has 130 valence electrons. The lowest BCUT2D eigenvalue weighted by molar-refractivity contribution is 0.0827. The number of rotatable bonds is 3. The van der Waals surface area contributed by atoms with E-state index in [0.29, 0.717) is 29.7 Å². The molecule has 2 aromatic rings. The van der Waals surface area contributed by atoms with E-state index >= 15 is 0 Å². The SMILES string of the molecule is CN(C)C(=O)c1cccc(C(=O)Nc2ccc3c(c2F)CCNC3)c1. The summed E-state index contributed by atoms with van der Waals surface area (Å²) in [5, 5.41) is 5.80. The second-order valence-electron chi connectivity index (χ2n) is 6.23. The largest absolute Gasteiger partial charge is 0.345 e. The Bertz CT molecular complexity index is 833. The Morgan fingerprint density at radius 3 is 2.68 bits per heavy atom. The summed E-state index contributed by atoms with van der Waals surface area (Å²) in [5.41, 5.74) is 2.45. The molecule has 5 nitrogen and oxygen atoms in total. The minimum absolute atomic E-state index is 0.162. The third kappa shape index (κ3) is 3.53. The summed E-state index contributed by atoms with van der Waals surface area (Å²) in [7, 11) is 3.29. The van der Waals surface area contributed by atoms with Crippen molar-refractivity contribution in [2.45, 2.75) is 13.0 Å². The summed E-state index contributed by atoms with van der Waals surface area (Å²) in [4.78, 5) is 25.9. The summed E-state index contributed by atoms with van der Waals surface area (Å²) in [6.07, 6.45) is 0.595. The first-order valence-electron chi connectivity index (χ1n) is 8.11. The molecule has 2 aromatic carbocycles. The smallest absolute Gasteiger partial charge is 0.255 e. The Labute approximate surface area is 145 Å². The molecule has 0 bridgehead atoms. The highest BCUT2D eigenvalue weighted by atomic mass is 19.1. The Hall–Kier alpha value is -2.73. The highest BCUT2D eigenvalue weighted by molar-refractivity contribution is 6.06. The molecule has 0 spiro atoms. The van der Waals surface area contributed by atoms with Crippen LogP contribution in [0, 0.1) is 5.82 Å². The third-order valence-electron chi connectivity index (χ3n) is 4.23. The first-order chi connectivity index (χ1) is 12.0. The summed E-state index contributed by atoms with van der Waals surface area (Å²) >= 11 is 0. The van der Waals surface area contributed by atoms with E-state index in [0.717, 1.165) is 12.1 Å². The highest BCUT2D eigenvalue weighted by Crippen LogP contribution is 2.25. The Morgan fingerprint density at radius 1 is 1.16 bits per heavy atom. The van der Waals surface area contributed by atoms with Gasteiger partial charge in [0.1, 0.15) is 5.82 Å². The molecule has 0 aliphatic carbocycles. The predicted octanol–water partition coefficient (Wildman–Crippen LogP) is 2.43. The van der Waals surface area contributed by atoms with Crippen molar-refractivity contribution >= 4 is 17.5 Å². The van der Waals surface area contributed by atoms with E-state index in [1.165, 1.54) is 11.0 Å². The number of hydrogen-bond acceptors (Lipinski definition) is 3. The molecular weight excluding hydrogens is 321 g/mol. The Kier molecular flexibility index (Phi) is 4.81. The number of halogens is 1. The molecule has 0 unspecified atom stereocenters. The van der Waals surface area contributed by atoms with Gasteiger partial charge < -0.3 is 15.5 Å². The van der Waals surface area contributed by atoms with Gasteiger partial charge in [-0.1, -0.05) is 12.1 Å². The number of carbonyl (C=O) groups is 2. The lowest BCUT2D eigenvalue weighted by atomic mass is 9.99. The fourth-order valence-electron chi connectivity index (χ4n) is 2.88. The van der Waals surface area contributed by atoms with Crippen LogP contribution in [-0.2, 0) is 13.0 Å². The van der Waals surface area contributed by atoms with E-state index in [1.54, 1.807) is 38.4 Å². The van der Waals surface area contributed by atoms with Crippen LogP contribution in [0.15, 0.2) is 36.4 Å². The van der Waals surface area contributed by atoms with Gasteiger partial charge in [0.25, 0.3) is 11.8 Å². The molecule has 2 N–H and O–H groups in total. The number of nitrogens with one attached hydrogen (secondary N) is 2. The Morgan fingerprint density at radius 2 is 1.92 bits per heavy atom. The molecule has 6 heteroatoms. The van der Waals surface area contributed by atoms with Crippen molar-refractivity contribution in [1.82, 2.24) is 10.2 Å². The second kappa shape index (κ2) is 7.03. The number of anilines is 1. The van der Waals surface area contributed by atoms with Gasteiger partial charge in [0, 0.05) is 31.8 Å². The zero-order valence-electron chi connectivity index (χ0n) is 14.2. The normalized spacial score (nSPS) is 13.1. The van der Waals surface area contributed by atoms with Crippen molar-refractivity contribution in [2.24, 2.45) is 0 Å². The van der Waals surface area contributed by atoms with Gasteiger partial charge >= 0.3 is 0 Å². The molecule has 25 heavy (non-hydrogen) atoms. The molecule has 1 aliphatic heterocycles. The predicted molar refractivity (Wildman–Crippen MR) is 94.2 cm³/mol. The minimum atomic E-state index is -0.443. The lowest BCUT2D eigenvalue weighted by Gasteiger charge is -2.19. The van der Waals surface area contributed by atoms with Crippen LogP contribution in [0.3, 0.4) is 0 Å². The topological polar surface area (TPSA) is 61.4 Å². The molecule has 1 aliphatic rings. The van der Waals surface area contributed by atoms with Crippen molar-refractivity contribution in [2.75, 3.05) is 26.0 Å². The van der Waals surface area contributed by atoms with Crippen molar-refractivity contribution < 1.29 is 14.0 Å². The number of carbonyl (C=O) groups excluding carboxylic acids is 2. The zero-order valence-corrected chi connectivity index (χ0v) is 14.2. The fourth-order valence-corrected chi connectivity index (χ4v) is 2.88. The quantitative estimate of drug-likeness (QED) is 0.901. The van der Waals surface area contributed by atoms with E-state index in [2.05, 4.69) is 10.6 Å². The number of nitrogens with zero attached hydrogens (tertiary/aromatic N) is 1. The van der Waals surface area contributed by atoms with E-state index in [9.17, 15) is 14.0 Å². The molecule has 0 fully saturated rings. The van der Waals surface area contributed by atoms with Crippen LogP contribution in [-0.4, -0.2) is 37.4 Å². The molecule has 0 saturated carbocycles. The van der Waals surface area contributed by atoms with Gasteiger partial charge in [0.2, 0.25) is 0 Å². The van der Waals surface area contributed by atoms with Gasteiger partial charge in [0.05, 0.1) is 5.69 Å². The minimum Gasteiger partial charge on any atom is -0.345 e. The highest BCUT2D eigenvalue weighted by Gasteiger charge is 2.18. The van der Waals surface area contributed by atoms with Gasteiger partial charge in [-0.2, -0.15) is 0 Å². The van der Waals surface area contributed by atoms with Crippen LogP contribution in [0.1, 0.15) is 31.8 Å². The molecule has 0 atom stereocenters. The van der Waals surface area contributed by atoms with Gasteiger partial charge in [-0.15, -0.1) is 0 Å².